The molecule has 2 rings (SSSR count). The number of aliphatic hydroxyl groups excluding tert-OH is 1. The first-order valence-corrected chi connectivity index (χ1v) is 6.34. The molecule has 5 heteroatoms. The van der Waals surface area contributed by atoms with Crippen molar-refractivity contribution in [1.29, 1.82) is 0 Å². The quantitative estimate of drug-likeness (QED) is 0.762. The maximum absolute atomic E-state index is 11.8. The highest BCUT2D eigenvalue weighted by atomic mass is 35.5. The van der Waals surface area contributed by atoms with Crippen molar-refractivity contribution in [2.45, 2.75) is 25.3 Å². The molecular formula is C13H17ClN2O2. The third kappa shape index (κ3) is 3.22. The Morgan fingerprint density at radius 2 is 2.22 bits per heavy atom. The first-order chi connectivity index (χ1) is 8.54. The molecule has 1 saturated carbocycles. The van der Waals surface area contributed by atoms with Gasteiger partial charge >= 0.3 is 0 Å². The number of anilines is 1. The summed E-state index contributed by atoms with van der Waals surface area (Å²) in [4.78, 5) is 11.8. The van der Waals surface area contributed by atoms with Crippen molar-refractivity contribution in [3.8, 4) is 0 Å². The fraction of sp³-hybridized carbons (Fsp3) is 0.462. The van der Waals surface area contributed by atoms with Gasteiger partial charge in [0.2, 0.25) is 5.91 Å². The lowest BCUT2D eigenvalue weighted by molar-refractivity contribution is -0.115. The molecule has 0 aliphatic heterocycles. The Balaban J connectivity index is 1.89. The molecule has 1 aliphatic carbocycles. The van der Waals surface area contributed by atoms with E-state index in [-0.39, 0.29) is 24.6 Å². The zero-order valence-electron chi connectivity index (χ0n) is 10.3. The van der Waals surface area contributed by atoms with E-state index >= 15 is 0 Å². The molecule has 0 atom stereocenters. The number of benzene rings is 1. The van der Waals surface area contributed by atoms with Gasteiger partial charge in [-0.2, -0.15) is 0 Å². The second-order valence-corrected chi connectivity index (χ2v) is 5.24. The van der Waals surface area contributed by atoms with E-state index in [4.69, 9.17) is 16.7 Å². The van der Waals surface area contributed by atoms with E-state index in [1.54, 1.807) is 12.1 Å². The van der Waals surface area contributed by atoms with Gasteiger partial charge in [0, 0.05) is 16.2 Å². The Morgan fingerprint density at radius 1 is 1.50 bits per heavy atom. The van der Waals surface area contributed by atoms with Crippen molar-refractivity contribution < 1.29 is 9.90 Å². The fourth-order valence-electron chi connectivity index (χ4n) is 1.73. The maximum atomic E-state index is 11.8. The molecule has 0 bridgehead atoms. The first-order valence-electron chi connectivity index (χ1n) is 5.97. The van der Waals surface area contributed by atoms with Crippen molar-refractivity contribution >= 4 is 23.2 Å². The second kappa shape index (κ2) is 5.26. The fourth-order valence-corrected chi connectivity index (χ4v) is 1.90. The van der Waals surface area contributed by atoms with Crippen LogP contribution in [0.1, 0.15) is 18.4 Å². The van der Waals surface area contributed by atoms with Crippen molar-refractivity contribution in [1.82, 2.24) is 5.32 Å². The normalized spacial score (nSPS) is 16.4. The molecule has 1 aromatic rings. The summed E-state index contributed by atoms with van der Waals surface area (Å²) in [7, 11) is 0. The smallest absolute Gasteiger partial charge is 0.238 e. The highest BCUT2D eigenvalue weighted by Crippen LogP contribution is 2.34. The lowest BCUT2D eigenvalue weighted by Crippen LogP contribution is -2.40. The Kier molecular flexibility index (Phi) is 3.90. The molecule has 0 unspecified atom stereocenters. The van der Waals surface area contributed by atoms with Crippen LogP contribution in [-0.2, 0) is 4.79 Å². The van der Waals surface area contributed by atoms with E-state index < -0.39 is 0 Å². The lowest BCUT2D eigenvalue weighted by Gasteiger charge is -2.14. The van der Waals surface area contributed by atoms with Gasteiger partial charge in [-0.15, -0.1) is 0 Å². The van der Waals surface area contributed by atoms with E-state index in [9.17, 15) is 4.79 Å². The number of halogens is 1. The van der Waals surface area contributed by atoms with Crippen molar-refractivity contribution in [3.05, 3.63) is 28.8 Å². The number of carbonyl (C=O) groups is 1. The summed E-state index contributed by atoms with van der Waals surface area (Å²) in [5.41, 5.74) is 1.47. The molecule has 1 aliphatic rings. The van der Waals surface area contributed by atoms with Gasteiger partial charge in [0.05, 0.1) is 13.2 Å². The van der Waals surface area contributed by atoms with Gasteiger partial charge in [0.15, 0.2) is 0 Å². The summed E-state index contributed by atoms with van der Waals surface area (Å²) in [6.45, 7) is 2.19. The van der Waals surface area contributed by atoms with Gasteiger partial charge in [-0.3, -0.25) is 4.79 Å². The van der Waals surface area contributed by atoms with E-state index in [1.165, 1.54) is 0 Å². The van der Waals surface area contributed by atoms with Crippen LogP contribution >= 0.6 is 11.6 Å². The standard InChI is InChI=1S/C13H17ClN2O2/c1-9-2-3-10(14)6-11(9)16-12(18)7-15-13(8-17)4-5-13/h2-3,6,15,17H,4-5,7-8H2,1H3,(H,16,18). The molecule has 4 nitrogen and oxygen atoms in total. The number of aryl methyl sites for hydroxylation is 1. The van der Waals surface area contributed by atoms with Crippen LogP contribution in [0, 0.1) is 6.92 Å². The number of hydrogen-bond acceptors (Lipinski definition) is 3. The van der Waals surface area contributed by atoms with Gasteiger partial charge in [-0.05, 0) is 37.5 Å². The summed E-state index contributed by atoms with van der Waals surface area (Å²) in [6, 6.07) is 5.38. The minimum Gasteiger partial charge on any atom is -0.394 e. The van der Waals surface area contributed by atoms with E-state index in [2.05, 4.69) is 10.6 Å². The van der Waals surface area contributed by atoms with Gasteiger partial charge in [-0.25, -0.2) is 0 Å². The minimum atomic E-state index is -0.222. The van der Waals surface area contributed by atoms with E-state index in [1.807, 2.05) is 13.0 Å². The average molecular weight is 269 g/mol. The molecule has 0 aromatic heterocycles. The second-order valence-electron chi connectivity index (χ2n) is 4.80. The number of amides is 1. The van der Waals surface area contributed by atoms with Crippen LogP contribution in [0.4, 0.5) is 5.69 Å². The zero-order valence-corrected chi connectivity index (χ0v) is 11.0. The third-order valence-corrected chi connectivity index (χ3v) is 3.49. The Hall–Kier alpha value is -1.10. The Labute approximate surface area is 111 Å². The number of hydrogen-bond donors (Lipinski definition) is 3. The summed E-state index contributed by atoms with van der Waals surface area (Å²) < 4.78 is 0. The lowest BCUT2D eigenvalue weighted by atomic mass is 10.2. The molecule has 3 N–H and O–H groups in total. The van der Waals surface area contributed by atoms with Crippen molar-refractivity contribution in [2.24, 2.45) is 0 Å². The minimum absolute atomic E-state index is 0.0798. The molecule has 1 amide bonds. The molecule has 1 fully saturated rings. The Morgan fingerprint density at radius 3 is 2.83 bits per heavy atom. The van der Waals surface area contributed by atoms with Crippen LogP contribution < -0.4 is 10.6 Å². The molecule has 0 radical (unpaired) electrons. The van der Waals surface area contributed by atoms with E-state index in [0.29, 0.717) is 5.02 Å². The van der Waals surface area contributed by atoms with Crippen LogP contribution in [0.3, 0.4) is 0 Å². The molecule has 0 heterocycles. The van der Waals surface area contributed by atoms with Gasteiger partial charge in [0.1, 0.15) is 0 Å². The summed E-state index contributed by atoms with van der Waals surface area (Å²) in [5, 5.41) is 15.6. The third-order valence-electron chi connectivity index (χ3n) is 3.25. The van der Waals surface area contributed by atoms with E-state index in [0.717, 1.165) is 24.1 Å². The first kappa shape index (κ1) is 13.3. The maximum Gasteiger partial charge on any atom is 0.238 e. The average Bonchev–Trinajstić information content (AvgIpc) is 3.12. The monoisotopic (exact) mass is 268 g/mol. The zero-order chi connectivity index (χ0) is 13.2. The van der Waals surface area contributed by atoms with Crippen LogP contribution in [0.2, 0.25) is 5.02 Å². The van der Waals surface area contributed by atoms with Crippen molar-refractivity contribution in [2.75, 3.05) is 18.5 Å². The highest BCUT2D eigenvalue weighted by molar-refractivity contribution is 6.31. The van der Waals surface area contributed by atoms with Crippen LogP contribution in [-0.4, -0.2) is 29.7 Å². The van der Waals surface area contributed by atoms with Crippen LogP contribution in [0.5, 0.6) is 0 Å². The molecule has 1 aromatic carbocycles. The van der Waals surface area contributed by atoms with Crippen molar-refractivity contribution in [3.63, 3.8) is 0 Å². The highest BCUT2D eigenvalue weighted by Gasteiger charge is 2.41. The van der Waals surface area contributed by atoms with Gasteiger partial charge in [0.25, 0.3) is 0 Å². The number of aliphatic hydroxyl groups is 1. The predicted molar refractivity (Wildman–Crippen MR) is 71.9 cm³/mol. The molecular weight excluding hydrogens is 252 g/mol. The molecule has 0 spiro atoms. The van der Waals surface area contributed by atoms with Gasteiger partial charge in [-0.1, -0.05) is 17.7 Å². The summed E-state index contributed by atoms with van der Waals surface area (Å²) in [5.74, 6) is -0.125. The topological polar surface area (TPSA) is 61.4 Å². The Bertz CT molecular complexity index is 458. The van der Waals surface area contributed by atoms with Gasteiger partial charge < -0.3 is 15.7 Å². The number of rotatable bonds is 5. The van der Waals surface area contributed by atoms with Crippen LogP contribution in [0.15, 0.2) is 18.2 Å². The SMILES string of the molecule is Cc1ccc(Cl)cc1NC(=O)CNC1(CO)CC1. The number of nitrogens with one attached hydrogen (secondary N) is 2. The molecule has 18 heavy (non-hydrogen) atoms. The predicted octanol–water partition coefficient (Wildman–Crippen LogP) is 1.70. The molecule has 98 valence electrons. The van der Waals surface area contributed by atoms with Crippen LogP contribution in [0.25, 0.3) is 0 Å². The number of carbonyl (C=O) groups excluding carboxylic acids is 1. The summed E-state index contributed by atoms with van der Waals surface area (Å²) in [6.07, 6.45) is 1.85. The molecule has 0 saturated heterocycles. The largest absolute Gasteiger partial charge is 0.394 e. The summed E-state index contributed by atoms with van der Waals surface area (Å²) >= 11 is 5.88.